The SMILES string of the molecule is CC(=O)N[C@H]1CCO[C@@H](c2cccc(NC(=O)c3ccccc3-c3ccccc3)c2)C1. The molecule has 0 bridgehead atoms. The second-order valence-corrected chi connectivity index (χ2v) is 7.77. The van der Waals surface area contributed by atoms with Crippen molar-refractivity contribution in [3.8, 4) is 11.1 Å². The second-order valence-electron chi connectivity index (χ2n) is 7.77. The number of carbonyl (C=O) groups is 2. The Bertz CT molecular complexity index is 1070. The van der Waals surface area contributed by atoms with E-state index in [0.717, 1.165) is 28.8 Å². The Labute approximate surface area is 182 Å². The fraction of sp³-hybridized carbons (Fsp3) is 0.231. The molecule has 3 aromatic carbocycles. The molecule has 0 aromatic heterocycles. The highest BCUT2D eigenvalue weighted by Crippen LogP contribution is 2.30. The molecule has 0 aliphatic carbocycles. The first-order valence-electron chi connectivity index (χ1n) is 10.5. The Kier molecular flexibility index (Phi) is 6.43. The minimum absolute atomic E-state index is 0.0243. The van der Waals surface area contributed by atoms with Gasteiger partial charge in [0.15, 0.2) is 0 Å². The van der Waals surface area contributed by atoms with Gasteiger partial charge in [-0.2, -0.15) is 0 Å². The van der Waals surface area contributed by atoms with E-state index < -0.39 is 0 Å². The summed E-state index contributed by atoms with van der Waals surface area (Å²) in [6.07, 6.45) is 1.41. The standard InChI is InChI=1S/C26H26N2O3/c1-18(29)27-22-14-15-31-25(17-22)20-10-7-11-21(16-20)28-26(30)24-13-6-5-12-23(24)19-8-3-2-4-9-19/h2-13,16,22,25H,14-15,17H2,1H3,(H,27,29)(H,28,30)/t22-,25+/m0/s1. The van der Waals surface area contributed by atoms with Gasteiger partial charge >= 0.3 is 0 Å². The Balaban J connectivity index is 1.51. The number of hydrogen-bond acceptors (Lipinski definition) is 3. The number of anilines is 1. The van der Waals surface area contributed by atoms with Gasteiger partial charge in [-0.05, 0) is 47.7 Å². The minimum Gasteiger partial charge on any atom is -0.373 e. The van der Waals surface area contributed by atoms with Crippen LogP contribution in [0, 0.1) is 0 Å². The zero-order valence-electron chi connectivity index (χ0n) is 17.5. The van der Waals surface area contributed by atoms with Crippen LogP contribution < -0.4 is 10.6 Å². The summed E-state index contributed by atoms with van der Waals surface area (Å²) in [6.45, 7) is 2.13. The van der Waals surface area contributed by atoms with Crippen molar-refractivity contribution in [2.45, 2.75) is 31.9 Å². The molecule has 3 aromatic rings. The molecular formula is C26H26N2O3. The molecule has 1 saturated heterocycles. The first-order valence-corrected chi connectivity index (χ1v) is 10.5. The number of nitrogens with one attached hydrogen (secondary N) is 2. The summed E-state index contributed by atoms with van der Waals surface area (Å²) < 4.78 is 5.93. The van der Waals surface area contributed by atoms with Gasteiger partial charge in [0.05, 0.1) is 6.10 Å². The molecule has 0 radical (unpaired) electrons. The van der Waals surface area contributed by atoms with Gasteiger partial charge in [-0.25, -0.2) is 0 Å². The van der Waals surface area contributed by atoms with Gasteiger partial charge in [0.25, 0.3) is 5.91 Å². The van der Waals surface area contributed by atoms with Crippen LogP contribution >= 0.6 is 0 Å². The van der Waals surface area contributed by atoms with E-state index in [9.17, 15) is 9.59 Å². The Hall–Kier alpha value is -3.44. The monoisotopic (exact) mass is 414 g/mol. The molecule has 0 saturated carbocycles. The van der Waals surface area contributed by atoms with Crippen molar-refractivity contribution < 1.29 is 14.3 Å². The molecule has 0 unspecified atom stereocenters. The first kappa shape index (κ1) is 20.8. The molecule has 2 N–H and O–H groups in total. The van der Waals surface area contributed by atoms with Gasteiger partial charge in [0.2, 0.25) is 5.91 Å². The maximum absolute atomic E-state index is 13.1. The van der Waals surface area contributed by atoms with Crippen LogP contribution in [0.3, 0.4) is 0 Å². The van der Waals surface area contributed by atoms with E-state index in [4.69, 9.17) is 4.74 Å². The van der Waals surface area contributed by atoms with Crippen LogP contribution in [0.2, 0.25) is 0 Å². The molecule has 5 heteroatoms. The van der Waals surface area contributed by atoms with Crippen molar-refractivity contribution in [1.29, 1.82) is 0 Å². The lowest BCUT2D eigenvalue weighted by Gasteiger charge is -2.30. The van der Waals surface area contributed by atoms with Crippen molar-refractivity contribution in [2.75, 3.05) is 11.9 Å². The number of ether oxygens (including phenoxy) is 1. The van der Waals surface area contributed by atoms with Crippen LogP contribution in [0.1, 0.15) is 41.8 Å². The van der Waals surface area contributed by atoms with Crippen LogP contribution in [0.15, 0.2) is 78.9 Å². The highest BCUT2D eigenvalue weighted by molar-refractivity contribution is 6.08. The lowest BCUT2D eigenvalue weighted by Crippen LogP contribution is -2.38. The van der Waals surface area contributed by atoms with Crippen LogP contribution in [0.5, 0.6) is 0 Å². The number of benzene rings is 3. The Morgan fingerprint density at radius 3 is 2.52 bits per heavy atom. The van der Waals surface area contributed by atoms with E-state index >= 15 is 0 Å². The number of hydrogen-bond donors (Lipinski definition) is 2. The number of carbonyl (C=O) groups excluding carboxylic acids is 2. The lowest BCUT2D eigenvalue weighted by atomic mass is 9.97. The van der Waals surface area contributed by atoms with Crippen molar-refractivity contribution in [3.05, 3.63) is 90.0 Å². The highest BCUT2D eigenvalue weighted by atomic mass is 16.5. The van der Waals surface area contributed by atoms with Gasteiger partial charge in [-0.3, -0.25) is 9.59 Å². The molecule has 1 fully saturated rings. The van der Waals surface area contributed by atoms with E-state index in [2.05, 4.69) is 10.6 Å². The first-order chi connectivity index (χ1) is 15.1. The molecule has 2 atom stereocenters. The summed E-state index contributed by atoms with van der Waals surface area (Å²) in [5.41, 5.74) is 4.23. The van der Waals surface area contributed by atoms with Crippen LogP contribution in [0.4, 0.5) is 5.69 Å². The summed E-state index contributed by atoms with van der Waals surface area (Å²) in [6, 6.07) is 25.3. The average molecular weight is 415 g/mol. The number of amides is 2. The summed E-state index contributed by atoms with van der Waals surface area (Å²) in [5, 5.41) is 6.01. The Morgan fingerprint density at radius 2 is 1.71 bits per heavy atom. The fourth-order valence-electron chi connectivity index (χ4n) is 4.01. The number of rotatable bonds is 5. The quantitative estimate of drug-likeness (QED) is 0.620. The summed E-state index contributed by atoms with van der Waals surface area (Å²) >= 11 is 0. The van der Waals surface area contributed by atoms with Crippen LogP contribution in [-0.2, 0) is 9.53 Å². The normalized spacial score (nSPS) is 18.2. The van der Waals surface area contributed by atoms with Gasteiger partial charge in [0, 0.05) is 30.8 Å². The van der Waals surface area contributed by atoms with Crippen LogP contribution in [0.25, 0.3) is 11.1 Å². The largest absolute Gasteiger partial charge is 0.373 e. The second kappa shape index (κ2) is 9.58. The highest BCUT2D eigenvalue weighted by Gasteiger charge is 2.24. The zero-order chi connectivity index (χ0) is 21.6. The molecule has 0 spiro atoms. The molecular weight excluding hydrogens is 388 g/mol. The van der Waals surface area contributed by atoms with Gasteiger partial charge in [0.1, 0.15) is 0 Å². The van der Waals surface area contributed by atoms with Crippen LogP contribution in [-0.4, -0.2) is 24.5 Å². The van der Waals surface area contributed by atoms with E-state index in [1.165, 1.54) is 6.92 Å². The maximum atomic E-state index is 13.1. The fourth-order valence-corrected chi connectivity index (χ4v) is 4.01. The molecule has 158 valence electrons. The van der Waals surface area contributed by atoms with Gasteiger partial charge in [-0.1, -0.05) is 60.7 Å². The third-order valence-corrected chi connectivity index (χ3v) is 5.46. The topological polar surface area (TPSA) is 67.4 Å². The Morgan fingerprint density at radius 1 is 0.935 bits per heavy atom. The van der Waals surface area contributed by atoms with E-state index in [0.29, 0.717) is 18.6 Å². The predicted octanol–water partition coefficient (Wildman–Crippen LogP) is 4.96. The molecule has 1 heterocycles. The van der Waals surface area contributed by atoms with Crippen molar-refractivity contribution in [2.24, 2.45) is 0 Å². The van der Waals surface area contributed by atoms with E-state index in [-0.39, 0.29) is 24.0 Å². The zero-order valence-corrected chi connectivity index (χ0v) is 17.5. The average Bonchev–Trinajstić information content (AvgIpc) is 2.79. The van der Waals surface area contributed by atoms with Crippen molar-refractivity contribution in [3.63, 3.8) is 0 Å². The van der Waals surface area contributed by atoms with Crippen molar-refractivity contribution in [1.82, 2.24) is 5.32 Å². The van der Waals surface area contributed by atoms with Gasteiger partial charge < -0.3 is 15.4 Å². The van der Waals surface area contributed by atoms with Crippen molar-refractivity contribution >= 4 is 17.5 Å². The third kappa shape index (κ3) is 5.19. The van der Waals surface area contributed by atoms with E-state index in [1.807, 2.05) is 78.9 Å². The predicted molar refractivity (Wildman–Crippen MR) is 122 cm³/mol. The summed E-state index contributed by atoms with van der Waals surface area (Å²) in [7, 11) is 0. The molecule has 2 amide bonds. The third-order valence-electron chi connectivity index (χ3n) is 5.46. The molecule has 1 aliphatic heterocycles. The lowest BCUT2D eigenvalue weighted by molar-refractivity contribution is -0.120. The molecule has 4 rings (SSSR count). The smallest absolute Gasteiger partial charge is 0.256 e. The minimum atomic E-state index is -0.155. The molecule has 5 nitrogen and oxygen atoms in total. The molecule has 31 heavy (non-hydrogen) atoms. The van der Waals surface area contributed by atoms with E-state index in [1.54, 1.807) is 0 Å². The van der Waals surface area contributed by atoms with Gasteiger partial charge in [-0.15, -0.1) is 0 Å². The molecule has 1 aliphatic rings. The summed E-state index contributed by atoms with van der Waals surface area (Å²) in [5.74, 6) is -0.180. The summed E-state index contributed by atoms with van der Waals surface area (Å²) in [4.78, 5) is 24.5. The maximum Gasteiger partial charge on any atom is 0.256 e.